The van der Waals surface area contributed by atoms with Gasteiger partial charge in [0.05, 0.1) is 5.52 Å². The lowest BCUT2D eigenvalue weighted by Crippen LogP contribution is -2.24. The molecule has 24 heavy (non-hydrogen) atoms. The summed E-state index contributed by atoms with van der Waals surface area (Å²) in [4.78, 5) is 8.59. The Morgan fingerprint density at radius 3 is 2.75 bits per heavy atom. The summed E-state index contributed by atoms with van der Waals surface area (Å²) in [6.45, 7) is 4.18. The van der Waals surface area contributed by atoms with Gasteiger partial charge in [-0.25, -0.2) is 13.1 Å². The van der Waals surface area contributed by atoms with Crippen molar-refractivity contribution in [1.82, 2.24) is 14.7 Å². The highest BCUT2D eigenvalue weighted by molar-refractivity contribution is 7.89. The molecule has 0 atom stereocenters. The average Bonchev–Trinajstić information content (AvgIpc) is 2.59. The first-order valence-electron chi connectivity index (χ1n) is 7.78. The van der Waals surface area contributed by atoms with Crippen molar-refractivity contribution in [3.63, 3.8) is 0 Å². The van der Waals surface area contributed by atoms with Gasteiger partial charge in [-0.2, -0.15) is 0 Å². The number of pyridine rings is 2. The molecule has 0 saturated carbocycles. The first-order chi connectivity index (χ1) is 11.5. The van der Waals surface area contributed by atoms with E-state index in [1.165, 1.54) is 0 Å². The highest BCUT2D eigenvalue weighted by atomic mass is 32.2. The molecular weight excluding hydrogens is 322 g/mol. The normalized spacial score (nSPS) is 11.8. The lowest BCUT2D eigenvalue weighted by molar-refractivity contribution is 0.581. The third-order valence-corrected chi connectivity index (χ3v) is 5.37. The number of aryl methyl sites for hydroxylation is 2. The van der Waals surface area contributed by atoms with Gasteiger partial charge in [0.25, 0.3) is 0 Å². The van der Waals surface area contributed by atoms with Crippen LogP contribution in [0.2, 0.25) is 0 Å². The molecule has 0 amide bonds. The zero-order chi connectivity index (χ0) is 17.2. The summed E-state index contributed by atoms with van der Waals surface area (Å²) >= 11 is 0. The minimum absolute atomic E-state index is 0.201. The lowest BCUT2D eigenvalue weighted by atomic mass is 10.1. The fourth-order valence-corrected chi connectivity index (χ4v) is 3.84. The molecule has 3 rings (SSSR count). The zero-order valence-electron chi connectivity index (χ0n) is 13.7. The van der Waals surface area contributed by atoms with Crippen molar-refractivity contribution in [2.75, 3.05) is 0 Å². The number of rotatable bonds is 5. The van der Waals surface area contributed by atoms with Crippen molar-refractivity contribution in [2.45, 2.75) is 31.7 Å². The molecule has 0 aliphatic carbocycles. The second-order valence-corrected chi connectivity index (χ2v) is 7.40. The summed E-state index contributed by atoms with van der Waals surface area (Å²) < 4.78 is 28.2. The Morgan fingerprint density at radius 2 is 1.96 bits per heavy atom. The van der Waals surface area contributed by atoms with Crippen LogP contribution in [0.3, 0.4) is 0 Å². The Bertz CT molecular complexity index is 984. The van der Waals surface area contributed by atoms with Crippen LogP contribution in [0, 0.1) is 6.92 Å². The molecule has 0 unspecified atom stereocenters. The van der Waals surface area contributed by atoms with Gasteiger partial charge in [-0.3, -0.25) is 9.97 Å². The number of benzene rings is 1. The number of nitrogens with one attached hydrogen (secondary N) is 1. The summed E-state index contributed by atoms with van der Waals surface area (Å²) in [6, 6.07) is 8.96. The molecule has 0 aliphatic heterocycles. The van der Waals surface area contributed by atoms with E-state index >= 15 is 0 Å². The minimum Gasteiger partial charge on any atom is -0.264 e. The second kappa shape index (κ2) is 6.67. The maximum atomic E-state index is 12.7. The molecule has 2 heterocycles. The van der Waals surface area contributed by atoms with E-state index in [2.05, 4.69) is 14.7 Å². The van der Waals surface area contributed by atoms with Gasteiger partial charge in [0, 0.05) is 30.5 Å². The molecule has 1 N–H and O–H groups in total. The van der Waals surface area contributed by atoms with Crippen LogP contribution in [-0.4, -0.2) is 18.4 Å². The Kier molecular flexibility index (Phi) is 4.59. The predicted molar refractivity (Wildman–Crippen MR) is 94.1 cm³/mol. The van der Waals surface area contributed by atoms with Gasteiger partial charge in [0.2, 0.25) is 10.0 Å². The summed E-state index contributed by atoms with van der Waals surface area (Å²) in [6.07, 6.45) is 5.93. The Morgan fingerprint density at radius 1 is 1.12 bits per heavy atom. The largest absolute Gasteiger partial charge is 0.264 e. The van der Waals surface area contributed by atoms with E-state index in [4.69, 9.17) is 0 Å². The molecule has 124 valence electrons. The molecule has 5 nitrogen and oxygen atoms in total. The van der Waals surface area contributed by atoms with E-state index in [-0.39, 0.29) is 11.4 Å². The molecule has 0 radical (unpaired) electrons. The van der Waals surface area contributed by atoms with E-state index < -0.39 is 10.0 Å². The Labute approximate surface area is 141 Å². The number of para-hydroxylation sites is 1. The van der Waals surface area contributed by atoms with Crippen LogP contribution in [0.15, 0.2) is 53.8 Å². The standard InChI is InChI=1S/C18H19N3O2S/c1-3-14-11-19-8-7-16(14)12-21-24(22,23)17-6-4-5-15-9-13(2)10-20-18(15)17/h4-11,21H,3,12H2,1-2H3. The van der Waals surface area contributed by atoms with Crippen LogP contribution in [0.1, 0.15) is 23.6 Å². The molecular formula is C18H19N3O2S. The van der Waals surface area contributed by atoms with Crippen molar-refractivity contribution in [1.29, 1.82) is 0 Å². The number of fused-ring (bicyclic) bond motifs is 1. The van der Waals surface area contributed by atoms with Crippen molar-refractivity contribution in [2.24, 2.45) is 0 Å². The summed E-state index contributed by atoms with van der Waals surface area (Å²) in [5.74, 6) is 0. The first kappa shape index (κ1) is 16.5. The van der Waals surface area contributed by atoms with Gasteiger partial charge in [-0.1, -0.05) is 19.1 Å². The average molecular weight is 341 g/mol. The first-order valence-corrected chi connectivity index (χ1v) is 9.26. The summed E-state index contributed by atoms with van der Waals surface area (Å²) in [5, 5.41) is 0.816. The van der Waals surface area contributed by atoms with E-state index in [0.29, 0.717) is 5.52 Å². The smallest absolute Gasteiger partial charge is 0.243 e. The summed E-state index contributed by atoms with van der Waals surface area (Å²) in [5.41, 5.74) is 3.45. The Hall–Kier alpha value is -2.31. The van der Waals surface area contributed by atoms with Gasteiger partial charge in [0.15, 0.2) is 0 Å². The van der Waals surface area contributed by atoms with E-state index in [9.17, 15) is 8.42 Å². The van der Waals surface area contributed by atoms with Gasteiger partial charge in [-0.15, -0.1) is 0 Å². The topological polar surface area (TPSA) is 72.0 Å². The van der Waals surface area contributed by atoms with Gasteiger partial charge >= 0.3 is 0 Å². The van der Waals surface area contributed by atoms with Gasteiger partial charge in [-0.05, 0) is 48.2 Å². The minimum atomic E-state index is -3.66. The number of hydrogen-bond acceptors (Lipinski definition) is 4. The lowest BCUT2D eigenvalue weighted by Gasteiger charge is -2.11. The van der Waals surface area contributed by atoms with E-state index in [1.54, 1.807) is 30.7 Å². The van der Waals surface area contributed by atoms with Crippen LogP contribution in [-0.2, 0) is 23.0 Å². The third-order valence-electron chi connectivity index (χ3n) is 3.94. The molecule has 3 aromatic rings. The molecule has 6 heteroatoms. The highest BCUT2D eigenvalue weighted by Gasteiger charge is 2.18. The van der Waals surface area contributed by atoms with Crippen molar-refractivity contribution >= 4 is 20.9 Å². The molecule has 0 fully saturated rings. The fraction of sp³-hybridized carbons (Fsp3) is 0.222. The number of aromatic nitrogens is 2. The molecule has 2 aromatic heterocycles. The van der Waals surface area contributed by atoms with Crippen LogP contribution in [0.25, 0.3) is 10.9 Å². The van der Waals surface area contributed by atoms with Crippen molar-refractivity contribution in [3.05, 3.63) is 65.6 Å². The molecule has 0 spiro atoms. The monoisotopic (exact) mass is 341 g/mol. The van der Waals surface area contributed by atoms with Crippen molar-refractivity contribution in [3.8, 4) is 0 Å². The van der Waals surface area contributed by atoms with Crippen molar-refractivity contribution < 1.29 is 8.42 Å². The highest BCUT2D eigenvalue weighted by Crippen LogP contribution is 2.22. The van der Waals surface area contributed by atoms with Gasteiger partial charge in [0.1, 0.15) is 4.90 Å². The SMILES string of the molecule is CCc1cnccc1CNS(=O)(=O)c1cccc2cc(C)cnc12. The molecule has 0 bridgehead atoms. The Balaban J connectivity index is 1.94. The third kappa shape index (κ3) is 3.29. The molecule has 0 aliphatic rings. The maximum absolute atomic E-state index is 12.7. The quantitative estimate of drug-likeness (QED) is 0.774. The zero-order valence-corrected chi connectivity index (χ0v) is 14.5. The second-order valence-electron chi connectivity index (χ2n) is 5.66. The number of nitrogens with zero attached hydrogens (tertiary/aromatic N) is 2. The fourth-order valence-electron chi connectivity index (χ4n) is 2.66. The van der Waals surface area contributed by atoms with E-state index in [1.807, 2.05) is 32.0 Å². The predicted octanol–water partition coefficient (Wildman–Crippen LogP) is 2.98. The van der Waals surface area contributed by atoms with E-state index in [0.717, 1.165) is 28.5 Å². The maximum Gasteiger partial charge on any atom is 0.243 e. The molecule has 0 saturated heterocycles. The molecule has 1 aromatic carbocycles. The van der Waals surface area contributed by atoms with Crippen LogP contribution in [0.5, 0.6) is 0 Å². The number of hydrogen-bond donors (Lipinski definition) is 1. The van der Waals surface area contributed by atoms with Crippen LogP contribution < -0.4 is 4.72 Å². The van der Waals surface area contributed by atoms with Crippen LogP contribution in [0.4, 0.5) is 0 Å². The summed E-state index contributed by atoms with van der Waals surface area (Å²) in [7, 11) is -3.66. The number of sulfonamides is 1. The van der Waals surface area contributed by atoms with Crippen LogP contribution >= 0.6 is 0 Å². The van der Waals surface area contributed by atoms with Gasteiger partial charge < -0.3 is 0 Å².